The van der Waals surface area contributed by atoms with Crippen molar-refractivity contribution in [1.29, 1.82) is 0 Å². The van der Waals surface area contributed by atoms with Crippen molar-refractivity contribution in [3.05, 3.63) is 34.4 Å². The van der Waals surface area contributed by atoms with E-state index in [1.807, 2.05) is 0 Å². The van der Waals surface area contributed by atoms with E-state index >= 15 is 0 Å². The van der Waals surface area contributed by atoms with Crippen LogP contribution in [0.15, 0.2) is 33.8 Å². The van der Waals surface area contributed by atoms with E-state index < -0.39 is 10.0 Å². The summed E-state index contributed by atoms with van der Waals surface area (Å²) in [7, 11) is -3.76. The van der Waals surface area contributed by atoms with Gasteiger partial charge in [0.2, 0.25) is 5.91 Å². The molecule has 0 unspecified atom stereocenters. The number of hydrogen-bond donors (Lipinski definition) is 3. The SMILES string of the molecule is O=C1Cc2cc(S(=O)(=O)Nc3ccn[nH]3)c(Br)cc2N1. The summed E-state index contributed by atoms with van der Waals surface area (Å²) in [6, 6.07) is 4.57. The first-order valence-electron chi connectivity index (χ1n) is 5.60. The third-order valence-electron chi connectivity index (χ3n) is 2.82. The molecule has 0 fully saturated rings. The van der Waals surface area contributed by atoms with Gasteiger partial charge in [-0.25, -0.2) is 8.42 Å². The Morgan fingerprint density at radius 2 is 2.15 bits per heavy atom. The van der Waals surface area contributed by atoms with Gasteiger partial charge >= 0.3 is 0 Å². The molecular weight excluding hydrogens is 348 g/mol. The number of H-pyrrole nitrogens is 1. The van der Waals surface area contributed by atoms with Crippen molar-refractivity contribution in [1.82, 2.24) is 10.2 Å². The van der Waals surface area contributed by atoms with Crippen LogP contribution in [0.25, 0.3) is 0 Å². The molecule has 7 nitrogen and oxygen atoms in total. The summed E-state index contributed by atoms with van der Waals surface area (Å²) in [4.78, 5) is 11.4. The number of nitrogens with one attached hydrogen (secondary N) is 3. The first kappa shape index (κ1) is 13.1. The maximum Gasteiger partial charge on any atom is 0.264 e. The van der Waals surface area contributed by atoms with Crippen LogP contribution >= 0.6 is 15.9 Å². The van der Waals surface area contributed by atoms with E-state index in [0.29, 0.717) is 15.7 Å². The number of anilines is 2. The number of rotatable bonds is 3. The molecule has 0 bridgehead atoms. The molecule has 0 saturated carbocycles. The zero-order chi connectivity index (χ0) is 14.3. The first-order chi connectivity index (χ1) is 9.45. The molecule has 20 heavy (non-hydrogen) atoms. The molecule has 9 heteroatoms. The zero-order valence-electron chi connectivity index (χ0n) is 9.97. The summed E-state index contributed by atoms with van der Waals surface area (Å²) >= 11 is 3.21. The topological polar surface area (TPSA) is 104 Å². The van der Waals surface area contributed by atoms with Crippen LogP contribution in [-0.2, 0) is 21.2 Å². The molecule has 0 aliphatic carbocycles. The Bertz CT molecular complexity index is 786. The van der Waals surface area contributed by atoms with Crippen molar-refractivity contribution >= 4 is 43.4 Å². The van der Waals surface area contributed by atoms with Gasteiger partial charge in [-0.15, -0.1) is 0 Å². The second-order valence-corrected chi connectivity index (χ2v) is 6.75. The van der Waals surface area contributed by atoms with Gasteiger partial charge in [-0.05, 0) is 33.6 Å². The Balaban J connectivity index is 2.02. The first-order valence-corrected chi connectivity index (χ1v) is 7.88. The van der Waals surface area contributed by atoms with Crippen molar-refractivity contribution in [2.45, 2.75) is 11.3 Å². The monoisotopic (exact) mass is 356 g/mol. The number of sulfonamides is 1. The molecule has 0 radical (unpaired) electrons. The second-order valence-electron chi connectivity index (χ2n) is 4.24. The summed E-state index contributed by atoms with van der Waals surface area (Å²) in [5, 5.41) is 8.85. The fraction of sp³-hybridized carbons (Fsp3) is 0.0909. The third-order valence-corrected chi connectivity index (χ3v) is 5.14. The number of halogens is 1. The van der Waals surface area contributed by atoms with Crippen molar-refractivity contribution in [3.8, 4) is 0 Å². The lowest BCUT2D eigenvalue weighted by atomic mass is 10.2. The minimum atomic E-state index is -3.76. The van der Waals surface area contributed by atoms with E-state index in [9.17, 15) is 13.2 Å². The lowest BCUT2D eigenvalue weighted by Gasteiger charge is -2.09. The zero-order valence-corrected chi connectivity index (χ0v) is 12.4. The fourth-order valence-corrected chi connectivity index (χ4v) is 4.05. The van der Waals surface area contributed by atoms with E-state index in [1.165, 1.54) is 18.3 Å². The largest absolute Gasteiger partial charge is 0.325 e. The molecule has 1 aliphatic rings. The standard InChI is InChI=1S/C11H9BrN4O3S/c12-7-5-8-6(4-11(17)14-8)3-9(7)20(18,19)16-10-1-2-13-15-10/h1-3,5H,4H2,(H,14,17)(H2,13,15,16). The predicted molar refractivity (Wildman–Crippen MR) is 75.9 cm³/mol. The summed E-state index contributed by atoms with van der Waals surface area (Å²) in [6.45, 7) is 0. The highest BCUT2D eigenvalue weighted by molar-refractivity contribution is 9.10. The summed E-state index contributed by atoms with van der Waals surface area (Å²) < 4.78 is 27.4. The average molecular weight is 357 g/mol. The van der Waals surface area contributed by atoms with Crippen LogP contribution in [0.5, 0.6) is 0 Å². The molecule has 3 rings (SSSR count). The van der Waals surface area contributed by atoms with E-state index in [-0.39, 0.29) is 23.0 Å². The van der Waals surface area contributed by atoms with Crippen LogP contribution in [0.2, 0.25) is 0 Å². The van der Waals surface area contributed by atoms with Crippen LogP contribution in [0, 0.1) is 0 Å². The van der Waals surface area contributed by atoms with Crippen LogP contribution in [0.4, 0.5) is 11.5 Å². The Hall–Kier alpha value is -1.87. The van der Waals surface area contributed by atoms with Gasteiger partial charge in [0.1, 0.15) is 10.7 Å². The Morgan fingerprint density at radius 1 is 1.35 bits per heavy atom. The maximum absolute atomic E-state index is 12.3. The maximum atomic E-state index is 12.3. The van der Waals surface area contributed by atoms with Gasteiger partial charge in [0.05, 0.1) is 12.6 Å². The third kappa shape index (κ3) is 2.29. The van der Waals surface area contributed by atoms with E-state index in [0.717, 1.165) is 0 Å². The second kappa shape index (κ2) is 4.60. The molecular formula is C11H9BrN4O3S. The van der Waals surface area contributed by atoms with Crippen molar-refractivity contribution < 1.29 is 13.2 Å². The van der Waals surface area contributed by atoms with Crippen LogP contribution in [0.1, 0.15) is 5.56 Å². The van der Waals surface area contributed by atoms with Crippen molar-refractivity contribution in [2.75, 3.05) is 10.0 Å². The van der Waals surface area contributed by atoms with E-state index in [4.69, 9.17) is 0 Å². The van der Waals surface area contributed by atoms with Gasteiger partial charge in [-0.2, -0.15) is 5.10 Å². The quantitative estimate of drug-likeness (QED) is 0.774. The average Bonchev–Trinajstić information content (AvgIpc) is 2.95. The minimum absolute atomic E-state index is 0.0716. The number of nitrogens with zero attached hydrogens (tertiary/aromatic N) is 1. The summed E-state index contributed by atoms with van der Waals surface area (Å²) in [5.41, 5.74) is 1.28. The Morgan fingerprint density at radius 3 is 2.85 bits per heavy atom. The van der Waals surface area contributed by atoms with Gasteiger partial charge in [-0.1, -0.05) is 0 Å². The smallest absolute Gasteiger partial charge is 0.264 e. The summed E-state index contributed by atoms with van der Waals surface area (Å²) in [6.07, 6.45) is 1.62. The molecule has 104 valence electrons. The van der Waals surface area contributed by atoms with Crippen LogP contribution in [0.3, 0.4) is 0 Å². The lowest BCUT2D eigenvalue weighted by Crippen LogP contribution is -2.14. The number of carbonyl (C=O) groups is 1. The molecule has 2 aromatic rings. The number of hydrogen-bond acceptors (Lipinski definition) is 4. The number of benzene rings is 1. The molecule has 0 saturated heterocycles. The van der Waals surface area contributed by atoms with E-state index in [2.05, 4.69) is 36.2 Å². The number of aromatic amines is 1. The predicted octanol–water partition coefficient (Wildman–Crippen LogP) is 1.47. The fourth-order valence-electron chi connectivity index (χ4n) is 1.94. The van der Waals surface area contributed by atoms with Gasteiger partial charge in [0.15, 0.2) is 0 Å². The van der Waals surface area contributed by atoms with Crippen LogP contribution in [-0.4, -0.2) is 24.5 Å². The Labute approximate surface area is 122 Å². The highest BCUT2D eigenvalue weighted by Gasteiger charge is 2.25. The minimum Gasteiger partial charge on any atom is -0.325 e. The number of carbonyl (C=O) groups excluding carboxylic acids is 1. The lowest BCUT2D eigenvalue weighted by molar-refractivity contribution is -0.115. The van der Waals surface area contributed by atoms with Gasteiger partial charge in [0.25, 0.3) is 10.0 Å². The molecule has 1 aliphatic heterocycles. The number of fused-ring (bicyclic) bond motifs is 1. The molecule has 0 spiro atoms. The molecule has 1 amide bonds. The van der Waals surface area contributed by atoms with Crippen molar-refractivity contribution in [2.24, 2.45) is 0 Å². The van der Waals surface area contributed by atoms with Gasteiger partial charge in [0, 0.05) is 16.2 Å². The van der Waals surface area contributed by atoms with Gasteiger partial charge in [-0.3, -0.25) is 14.6 Å². The molecule has 1 aromatic heterocycles. The molecule has 0 atom stereocenters. The molecule has 2 heterocycles. The Kier molecular flexibility index (Phi) is 3.02. The molecule has 3 N–H and O–H groups in total. The van der Waals surface area contributed by atoms with Crippen molar-refractivity contribution in [3.63, 3.8) is 0 Å². The number of aromatic nitrogens is 2. The summed E-state index contributed by atoms with van der Waals surface area (Å²) in [5.74, 6) is 0.120. The number of amides is 1. The highest BCUT2D eigenvalue weighted by atomic mass is 79.9. The normalized spacial score (nSPS) is 13.9. The molecule has 1 aromatic carbocycles. The highest BCUT2D eigenvalue weighted by Crippen LogP contribution is 2.33. The van der Waals surface area contributed by atoms with E-state index in [1.54, 1.807) is 6.07 Å². The van der Waals surface area contributed by atoms with Gasteiger partial charge < -0.3 is 5.32 Å². The van der Waals surface area contributed by atoms with Crippen LogP contribution < -0.4 is 10.0 Å².